The van der Waals surface area contributed by atoms with Crippen LogP contribution in [0.25, 0.3) is 10.9 Å². The number of amides is 1. The molecule has 23 heavy (non-hydrogen) atoms. The number of rotatable bonds is 5. The van der Waals surface area contributed by atoms with Gasteiger partial charge in [-0.15, -0.1) is 0 Å². The molecule has 0 aliphatic heterocycles. The highest BCUT2D eigenvalue weighted by molar-refractivity contribution is 5.85. The van der Waals surface area contributed by atoms with Crippen molar-refractivity contribution in [1.82, 2.24) is 15.4 Å². The van der Waals surface area contributed by atoms with Crippen molar-refractivity contribution in [3.8, 4) is 5.88 Å². The number of para-hydroxylation sites is 2. The van der Waals surface area contributed by atoms with Crippen molar-refractivity contribution in [2.24, 2.45) is 5.84 Å². The molecule has 1 amide bonds. The minimum absolute atomic E-state index is 0.220. The quantitative estimate of drug-likeness (QED) is 0.377. The monoisotopic (exact) mass is 309 g/mol. The molecular formula is C16H15N5O2. The molecule has 0 fully saturated rings. The molecule has 2 aromatic carbocycles. The number of ether oxygens (including phenoxy) is 1. The predicted molar refractivity (Wildman–Crippen MR) is 87.1 cm³/mol. The Hall–Kier alpha value is -3.19. The Morgan fingerprint density at radius 1 is 1.04 bits per heavy atom. The van der Waals surface area contributed by atoms with Gasteiger partial charge in [0.05, 0.1) is 10.9 Å². The molecule has 0 aliphatic rings. The highest BCUT2D eigenvalue weighted by atomic mass is 16.5. The van der Waals surface area contributed by atoms with Gasteiger partial charge in [-0.2, -0.15) is 4.98 Å². The Morgan fingerprint density at radius 3 is 2.57 bits per heavy atom. The van der Waals surface area contributed by atoms with Crippen molar-refractivity contribution in [3.05, 3.63) is 54.6 Å². The fourth-order valence-electron chi connectivity index (χ4n) is 2.04. The second-order valence-electron chi connectivity index (χ2n) is 4.72. The molecule has 0 aliphatic carbocycles. The lowest BCUT2D eigenvalue weighted by Crippen LogP contribution is -2.34. The highest BCUT2D eigenvalue weighted by Crippen LogP contribution is 2.25. The van der Waals surface area contributed by atoms with Crippen LogP contribution in [0, 0.1) is 0 Å². The van der Waals surface area contributed by atoms with E-state index < -0.39 is 5.91 Å². The molecule has 116 valence electrons. The van der Waals surface area contributed by atoms with E-state index in [1.165, 1.54) is 0 Å². The Kier molecular flexibility index (Phi) is 4.30. The van der Waals surface area contributed by atoms with Gasteiger partial charge in [-0.25, -0.2) is 10.8 Å². The second kappa shape index (κ2) is 6.71. The minimum Gasteiger partial charge on any atom is -0.467 e. The third kappa shape index (κ3) is 3.53. The van der Waals surface area contributed by atoms with Gasteiger partial charge >= 0.3 is 0 Å². The first-order chi connectivity index (χ1) is 11.3. The summed E-state index contributed by atoms with van der Waals surface area (Å²) in [6.45, 7) is -0.220. The lowest BCUT2D eigenvalue weighted by atomic mass is 10.2. The molecule has 7 heteroatoms. The Bertz CT molecular complexity index is 823. The summed E-state index contributed by atoms with van der Waals surface area (Å²) in [5, 5.41) is 3.83. The Balaban J connectivity index is 1.94. The number of aromatic nitrogens is 2. The Morgan fingerprint density at radius 2 is 1.78 bits per heavy atom. The molecule has 7 nitrogen and oxygen atoms in total. The first-order valence-corrected chi connectivity index (χ1v) is 6.97. The topological polar surface area (TPSA) is 102 Å². The lowest BCUT2D eigenvalue weighted by molar-refractivity contribution is -0.123. The molecule has 0 bridgehead atoms. The maximum absolute atomic E-state index is 11.3. The number of hydrogen-bond donors (Lipinski definition) is 3. The summed E-state index contributed by atoms with van der Waals surface area (Å²) in [6.07, 6.45) is 0. The number of nitrogens with two attached hydrogens (primary N) is 1. The van der Waals surface area contributed by atoms with Gasteiger partial charge in [-0.05, 0) is 24.3 Å². The standard InChI is InChI=1S/C16H15N5O2/c17-21-14(22)10-23-15-12-8-4-5-9-13(12)19-16(20-15)18-11-6-2-1-3-7-11/h1-9H,10,17H2,(H,21,22)(H,18,19,20). The number of carbonyl (C=O) groups is 1. The summed E-state index contributed by atoms with van der Waals surface area (Å²) in [5.41, 5.74) is 3.58. The smallest absolute Gasteiger partial charge is 0.271 e. The summed E-state index contributed by atoms with van der Waals surface area (Å²) in [6, 6.07) is 17.0. The predicted octanol–water partition coefficient (Wildman–Crippen LogP) is 1.74. The van der Waals surface area contributed by atoms with Crippen LogP contribution in [0.2, 0.25) is 0 Å². The number of nitrogens with one attached hydrogen (secondary N) is 2. The van der Waals surface area contributed by atoms with Crippen LogP contribution in [0.5, 0.6) is 5.88 Å². The van der Waals surface area contributed by atoms with Crippen LogP contribution in [0.1, 0.15) is 0 Å². The molecule has 1 heterocycles. The van der Waals surface area contributed by atoms with E-state index in [-0.39, 0.29) is 6.61 Å². The number of benzene rings is 2. The van der Waals surface area contributed by atoms with Gasteiger partial charge < -0.3 is 10.1 Å². The highest BCUT2D eigenvalue weighted by Gasteiger charge is 2.10. The third-order valence-corrected chi connectivity index (χ3v) is 3.10. The molecule has 0 saturated heterocycles. The minimum atomic E-state index is -0.440. The van der Waals surface area contributed by atoms with Gasteiger partial charge in [0, 0.05) is 5.69 Å². The zero-order chi connectivity index (χ0) is 16.1. The van der Waals surface area contributed by atoms with Gasteiger partial charge in [0.2, 0.25) is 11.8 Å². The van der Waals surface area contributed by atoms with Gasteiger partial charge in [-0.1, -0.05) is 30.3 Å². The zero-order valence-corrected chi connectivity index (χ0v) is 12.2. The van der Waals surface area contributed by atoms with E-state index in [1.54, 1.807) is 0 Å². The maximum atomic E-state index is 11.3. The number of hydrazine groups is 1. The average molecular weight is 309 g/mol. The number of carbonyl (C=O) groups excluding carboxylic acids is 1. The summed E-state index contributed by atoms with van der Waals surface area (Å²) >= 11 is 0. The van der Waals surface area contributed by atoms with Gasteiger partial charge in [0.25, 0.3) is 5.91 Å². The average Bonchev–Trinajstić information content (AvgIpc) is 2.60. The largest absolute Gasteiger partial charge is 0.467 e. The van der Waals surface area contributed by atoms with Crippen LogP contribution >= 0.6 is 0 Å². The first-order valence-electron chi connectivity index (χ1n) is 6.97. The van der Waals surface area contributed by atoms with Crippen LogP contribution in [0.15, 0.2) is 54.6 Å². The molecule has 4 N–H and O–H groups in total. The van der Waals surface area contributed by atoms with E-state index in [0.717, 1.165) is 11.1 Å². The summed E-state index contributed by atoms with van der Waals surface area (Å²) in [4.78, 5) is 20.1. The SMILES string of the molecule is NNC(=O)COc1nc(Nc2ccccc2)nc2ccccc12. The second-order valence-corrected chi connectivity index (χ2v) is 4.72. The van der Waals surface area contributed by atoms with Crippen molar-refractivity contribution >= 4 is 28.4 Å². The van der Waals surface area contributed by atoms with Gasteiger partial charge in [0.1, 0.15) is 0 Å². The van der Waals surface area contributed by atoms with E-state index in [0.29, 0.717) is 17.3 Å². The number of nitrogens with zero attached hydrogens (tertiary/aromatic N) is 2. The summed E-state index contributed by atoms with van der Waals surface area (Å²) in [7, 11) is 0. The van der Waals surface area contributed by atoms with Gasteiger partial charge in [0.15, 0.2) is 6.61 Å². The number of hydrogen-bond acceptors (Lipinski definition) is 6. The molecule has 0 spiro atoms. The normalized spacial score (nSPS) is 10.3. The molecule has 0 radical (unpaired) electrons. The van der Waals surface area contributed by atoms with Crippen molar-refractivity contribution in [2.75, 3.05) is 11.9 Å². The van der Waals surface area contributed by atoms with E-state index >= 15 is 0 Å². The zero-order valence-electron chi connectivity index (χ0n) is 12.2. The van der Waals surface area contributed by atoms with Crippen molar-refractivity contribution < 1.29 is 9.53 Å². The summed E-state index contributed by atoms with van der Waals surface area (Å²) < 4.78 is 5.47. The third-order valence-electron chi connectivity index (χ3n) is 3.10. The van der Waals surface area contributed by atoms with E-state index in [9.17, 15) is 4.79 Å². The maximum Gasteiger partial charge on any atom is 0.271 e. The first kappa shape index (κ1) is 14.7. The van der Waals surface area contributed by atoms with Crippen molar-refractivity contribution in [1.29, 1.82) is 0 Å². The fraction of sp³-hybridized carbons (Fsp3) is 0.0625. The Labute approximate surface area is 132 Å². The molecule has 3 rings (SSSR count). The van der Waals surface area contributed by atoms with E-state index in [4.69, 9.17) is 10.6 Å². The molecule has 0 atom stereocenters. The van der Waals surface area contributed by atoms with Crippen LogP contribution in [-0.4, -0.2) is 22.5 Å². The molecule has 0 unspecified atom stereocenters. The molecule has 3 aromatic rings. The van der Waals surface area contributed by atoms with Crippen LogP contribution in [0.4, 0.5) is 11.6 Å². The molecule has 0 saturated carbocycles. The molecule has 1 aromatic heterocycles. The number of fused-ring (bicyclic) bond motifs is 1. The summed E-state index contributed by atoms with van der Waals surface area (Å²) in [5.74, 6) is 5.32. The van der Waals surface area contributed by atoms with E-state index in [2.05, 4.69) is 15.3 Å². The molecular weight excluding hydrogens is 294 g/mol. The van der Waals surface area contributed by atoms with Crippen molar-refractivity contribution in [2.45, 2.75) is 0 Å². The number of anilines is 2. The van der Waals surface area contributed by atoms with Crippen LogP contribution in [-0.2, 0) is 4.79 Å². The van der Waals surface area contributed by atoms with Crippen LogP contribution < -0.4 is 21.3 Å². The van der Waals surface area contributed by atoms with Crippen molar-refractivity contribution in [3.63, 3.8) is 0 Å². The van der Waals surface area contributed by atoms with Crippen LogP contribution in [0.3, 0.4) is 0 Å². The van der Waals surface area contributed by atoms with Gasteiger partial charge in [-0.3, -0.25) is 10.2 Å². The lowest BCUT2D eigenvalue weighted by Gasteiger charge is -2.10. The van der Waals surface area contributed by atoms with E-state index in [1.807, 2.05) is 60.0 Å². The fourth-order valence-corrected chi connectivity index (χ4v) is 2.04.